The predicted molar refractivity (Wildman–Crippen MR) is 207 cm³/mol. The first-order valence-electron chi connectivity index (χ1n) is 19.5. The van der Waals surface area contributed by atoms with Crippen LogP contribution in [-0.4, -0.2) is 79.3 Å². The maximum absolute atomic E-state index is 14.6. The number of carbonyl (C=O) groups excluding carboxylic acids is 1. The summed E-state index contributed by atoms with van der Waals surface area (Å²) in [6, 6.07) is 16.7. The normalized spacial score (nSPS) is 25.1. The Morgan fingerprint density at radius 1 is 1.02 bits per heavy atom. The molecule has 0 unspecified atom stereocenters. The SMILES string of the molecule is C=CCO[C@@]12Oc3ccc(OCc4ccccc4F)cc3[C@H]3[C@H](CCCCO)[C@@H](CCCCO)C=C(C(=NOC)C[C@@H]1N(C)C(=O)c1ccc4c(c1)OCO4)[C@H]32. The van der Waals surface area contributed by atoms with Gasteiger partial charge in [0, 0.05) is 49.3 Å². The number of carbonyl (C=O) groups is 1. The number of likely N-dealkylation sites (N-methyl/N-ethyl adjacent to an activating group) is 1. The summed E-state index contributed by atoms with van der Waals surface area (Å²) in [4.78, 5) is 21.7. The molecule has 11 nitrogen and oxygen atoms in total. The molecular formula is C44H51FN2O9. The van der Waals surface area contributed by atoms with E-state index in [9.17, 15) is 19.4 Å². The number of aliphatic hydroxyl groups is 2. The smallest absolute Gasteiger partial charge is 0.254 e. The zero-order valence-electron chi connectivity index (χ0n) is 32.0. The van der Waals surface area contributed by atoms with Crippen LogP contribution in [0.4, 0.5) is 4.39 Å². The van der Waals surface area contributed by atoms with Gasteiger partial charge in [0.15, 0.2) is 11.5 Å². The lowest BCUT2D eigenvalue weighted by Crippen LogP contribution is -2.69. The number of benzene rings is 3. The van der Waals surface area contributed by atoms with E-state index in [1.807, 2.05) is 18.2 Å². The molecule has 0 saturated heterocycles. The molecule has 0 bridgehead atoms. The van der Waals surface area contributed by atoms with Crippen LogP contribution >= 0.6 is 0 Å². The van der Waals surface area contributed by atoms with Crippen LogP contribution in [0.15, 0.2) is 90.1 Å². The number of amides is 1. The fourth-order valence-corrected chi connectivity index (χ4v) is 9.08. The van der Waals surface area contributed by atoms with E-state index >= 15 is 0 Å². The van der Waals surface area contributed by atoms with Crippen LogP contribution in [0.1, 0.15) is 72.3 Å². The number of halogens is 1. The van der Waals surface area contributed by atoms with Crippen LogP contribution in [0.2, 0.25) is 0 Å². The molecule has 2 aliphatic carbocycles. The minimum atomic E-state index is -1.40. The summed E-state index contributed by atoms with van der Waals surface area (Å²) in [7, 11) is 3.27. The molecule has 298 valence electrons. The van der Waals surface area contributed by atoms with Crippen molar-refractivity contribution in [2.75, 3.05) is 40.8 Å². The van der Waals surface area contributed by atoms with Crippen LogP contribution in [-0.2, 0) is 16.2 Å². The van der Waals surface area contributed by atoms with Gasteiger partial charge in [-0.05, 0) is 85.6 Å². The van der Waals surface area contributed by atoms with E-state index < -0.39 is 17.7 Å². The average molecular weight is 771 g/mol. The van der Waals surface area contributed by atoms with Gasteiger partial charge in [0.25, 0.3) is 5.91 Å². The molecule has 4 aliphatic rings. The van der Waals surface area contributed by atoms with E-state index in [-0.39, 0.29) is 69.1 Å². The molecule has 3 aromatic rings. The predicted octanol–water partition coefficient (Wildman–Crippen LogP) is 7.17. The summed E-state index contributed by atoms with van der Waals surface area (Å²) < 4.78 is 46.1. The lowest BCUT2D eigenvalue weighted by Gasteiger charge is -2.59. The molecule has 6 atom stereocenters. The summed E-state index contributed by atoms with van der Waals surface area (Å²) in [6.07, 6.45) is 8.77. The summed E-state index contributed by atoms with van der Waals surface area (Å²) in [5.41, 5.74) is 3.39. The standard InChI is InChI=1S/C44H51FN2O9/c1-4-21-55-44-40(47(2)43(50)29-15-17-38-39(23-29)54-27-53-38)25-36(46-51-3)33-22-28(11-7-9-19-48)32(13-8-10-20-49)41(42(33)44)34-24-31(16-18-37(34)56-44)52-26-30-12-5-6-14-35(30)45/h4-6,12,14-18,22-24,28,32,40-42,48-49H,1,7-11,13,19-21,25-27H2,2-3H3/t28-,32+,40-,41+,42+,44+/m0/s1. The van der Waals surface area contributed by atoms with Crippen molar-refractivity contribution in [3.63, 3.8) is 0 Å². The van der Waals surface area contributed by atoms with Crippen LogP contribution in [0.25, 0.3) is 0 Å². The van der Waals surface area contributed by atoms with Crippen molar-refractivity contribution in [1.29, 1.82) is 0 Å². The van der Waals surface area contributed by atoms with Crippen molar-refractivity contribution in [1.82, 2.24) is 4.90 Å². The van der Waals surface area contributed by atoms with E-state index in [0.717, 1.165) is 36.8 Å². The minimum absolute atomic E-state index is 0.0428. The number of allylic oxidation sites excluding steroid dienone is 1. The average Bonchev–Trinajstić information content (AvgIpc) is 3.69. The summed E-state index contributed by atoms with van der Waals surface area (Å²) in [6.45, 7) is 4.43. The third-order valence-corrected chi connectivity index (χ3v) is 11.6. The molecular weight excluding hydrogens is 719 g/mol. The van der Waals surface area contributed by atoms with Crippen molar-refractivity contribution in [2.24, 2.45) is 22.9 Å². The van der Waals surface area contributed by atoms with Gasteiger partial charge in [-0.25, -0.2) is 4.39 Å². The molecule has 2 N–H and O–H groups in total. The number of fused-ring (bicyclic) bond motifs is 3. The van der Waals surface area contributed by atoms with Crippen LogP contribution in [0, 0.1) is 23.6 Å². The first-order chi connectivity index (χ1) is 27.3. The lowest BCUT2D eigenvalue weighted by atomic mass is 9.55. The van der Waals surface area contributed by atoms with Gasteiger partial charge in [-0.1, -0.05) is 48.3 Å². The highest BCUT2D eigenvalue weighted by molar-refractivity contribution is 6.03. The van der Waals surface area contributed by atoms with E-state index in [4.69, 9.17) is 28.5 Å². The maximum Gasteiger partial charge on any atom is 0.254 e. The summed E-state index contributed by atoms with van der Waals surface area (Å²) in [5.74, 6) is -0.343. The Morgan fingerprint density at radius 2 is 1.79 bits per heavy atom. The van der Waals surface area contributed by atoms with E-state index in [2.05, 4.69) is 17.8 Å². The fourth-order valence-electron chi connectivity index (χ4n) is 9.08. The molecule has 0 radical (unpaired) electrons. The van der Waals surface area contributed by atoms with E-state index in [1.54, 1.807) is 54.4 Å². The quantitative estimate of drug-likeness (QED) is 0.0835. The third kappa shape index (κ3) is 7.62. The highest BCUT2D eigenvalue weighted by atomic mass is 19.1. The van der Waals surface area contributed by atoms with Crippen molar-refractivity contribution in [2.45, 2.75) is 69.3 Å². The molecule has 7 rings (SSSR count). The Morgan fingerprint density at radius 3 is 2.55 bits per heavy atom. The largest absolute Gasteiger partial charge is 0.489 e. The number of unbranched alkanes of at least 4 members (excludes halogenated alkanes) is 2. The molecule has 0 aromatic heterocycles. The molecule has 12 heteroatoms. The molecule has 56 heavy (non-hydrogen) atoms. The molecule has 3 aromatic carbocycles. The second-order valence-corrected chi connectivity index (χ2v) is 14.8. The van der Waals surface area contributed by atoms with Crippen LogP contribution < -0.4 is 18.9 Å². The van der Waals surface area contributed by atoms with Gasteiger partial charge in [0.2, 0.25) is 12.6 Å². The highest BCUT2D eigenvalue weighted by Crippen LogP contribution is 2.62. The van der Waals surface area contributed by atoms with Crippen molar-refractivity contribution >= 4 is 11.6 Å². The molecule has 1 amide bonds. The van der Waals surface area contributed by atoms with Gasteiger partial charge >= 0.3 is 0 Å². The number of aliphatic hydroxyl groups excluding tert-OH is 2. The van der Waals surface area contributed by atoms with Crippen molar-refractivity contribution < 1.29 is 47.9 Å². The zero-order chi connectivity index (χ0) is 39.2. The Labute approximate surface area is 327 Å². The number of hydrogen-bond donors (Lipinski definition) is 2. The van der Waals surface area contributed by atoms with Crippen molar-refractivity contribution in [3.05, 3.63) is 107 Å². The highest BCUT2D eigenvalue weighted by Gasteiger charge is 2.65. The monoisotopic (exact) mass is 770 g/mol. The minimum Gasteiger partial charge on any atom is -0.489 e. The topological polar surface area (TPSA) is 129 Å². The summed E-state index contributed by atoms with van der Waals surface area (Å²) >= 11 is 0. The molecule has 0 spiro atoms. The maximum atomic E-state index is 14.6. The van der Waals surface area contributed by atoms with Gasteiger partial charge in [0.05, 0.1) is 18.2 Å². The lowest BCUT2D eigenvalue weighted by molar-refractivity contribution is -0.252. The number of oxime groups is 1. The molecule has 1 fully saturated rings. The second kappa shape index (κ2) is 17.5. The molecule has 2 heterocycles. The first-order valence-corrected chi connectivity index (χ1v) is 19.5. The Hall–Kier alpha value is -4.91. The van der Waals surface area contributed by atoms with Gasteiger partial charge in [-0.2, -0.15) is 0 Å². The zero-order valence-corrected chi connectivity index (χ0v) is 32.0. The van der Waals surface area contributed by atoms with Gasteiger partial charge in [0.1, 0.15) is 37.1 Å². The number of nitrogens with zero attached hydrogens (tertiary/aromatic N) is 2. The third-order valence-electron chi connectivity index (χ3n) is 11.6. The van der Waals surface area contributed by atoms with Crippen molar-refractivity contribution in [3.8, 4) is 23.0 Å². The second-order valence-electron chi connectivity index (χ2n) is 14.8. The number of hydrogen-bond acceptors (Lipinski definition) is 10. The van der Waals surface area contributed by atoms with Gasteiger partial charge in [-0.15, -0.1) is 6.58 Å². The van der Waals surface area contributed by atoms with Gasteiger partial charge in [-0.3, -0.25) is 4.79 Å². The Kier molecular flexibility index (Phi) is 12.3. The van der Waals surface area contributed by atoms with E-state index in [1.165, 1.54) is 13.2 Å². The Bertz CT molecular complexity index is 1950. The number of rotatable bonds is 17. The van der Waals surface area contributed by atoms with Crippen LogP contribution in [0.3, 0.4) is 0 Å². The van der Waals surface area contributed by atoms with Crippen LogP contribution in [0.5, 0.6) is 23.0 Å². The fraction of sp³-hybridized carbons (Fsp3) is 0.455. The first kappa shape index (κ1) is 39.3. The Balaban J connectivity index is 1.38. The van der Waals surface area contributed by atoms with Gasteiger partial charge < -0.3 is 43.6 Å². The number of ether oxygens (including phenoxy) is 5. The molecule has 1 saturated carbocycles. The van der Waals surface area contributed by atoms with E-state index in [0.29, 0.717) is 52.7 Å². The summed E-state index contributed by atoms with van der Waals surface area (Å²) in [5, 5.41) is 24.2. The molecule has 2 aliphatic heterocycles.